The van der Waals surface area contributed by atoms with Crippen molar-refractivity contribution in [3.8, 4) is 0 Å². The number of nitrogens with one attached hydrogen (secondary N) is 3. The van der Waals surface area contributed by atoms with Crippen LogP contribution < -0.4 is 16.0 Å². The first-order chi connectivity index (χ1) is 21.4. The van der Waals surface area contributed by atoms with Crippen LogP contribution >= 0.6 is 0 Å². The summed E-state index contributed by atoms with van der Waals surface area (Å²) in [5.41, 5.74) is 1.42. The van der Waals surface area contributed by atoms with Crippen molar-refractivity contribution in [2.24, 2.45) is 34.5 Å². The number of hydrogen-bond acceptors (Lipinski definition) is 4. The largest absolute Gasteiger partial charge is 0.354 e. The molecule has 3 saturated carbocycles. The molecule has 45 heavy (non-hydrogen) atoms. The molecule has 4 fully saturated rings. The van der Waals surface area contributed by atoms with Gasteiger partial charge in [0.05, 0.1) is 6.04 Å². The van der Waals surface area contributed by atoms with Gasteiger partial charge in [0.2, 0.25) is 11.8 Å². The minimum Gasteiger partial charge on any atom is -0.354 e. The third-order valence-electron chi connectivity index (χ3n) is 11.9. The predicted octanol–water partition coefficient (Wildman–Crippen LogP) is 4.70. The van der Waals surface area contributed by atoms with Gasteiger partial charge < -0.3 is 25.8 Å². The molecule has 5 atom stereocenters. The summed E-state index contributed by atoms with van der Waals surface area (Å²) in [5, 5.41) is 9.47. The summed E-state index contributed by atoms with van der Waals surface area (Å²) in [6.07, 6.45) is 8.49. The fourth-order valence-electron chi connectivity index (χ4n) is 8.45. The van der Waals surface area contributed by atoms with Crippen LogP contribution in [0.3, 0.4) is 0 Å². The number of urea groups is 1. The predicted molar refractivity (Wildman–Crippen MR) is 173 cm³/mol. The zero-order valence-electron chi connectivity index (χ0n) is 27.9. The Morgan fingerprint density at radius 3 is 2.33 bits per heavy atom. The number of carbonyl (C=O) groups excluding carboxylic acids is 4. The first-order valence-corrected chi connectivity index (χ1v) is 17.4. The van der Waals surface area contributed by atoms with E-state index in [2.05, 4.69) is 50.6 Å². The SMILES string of the molecule is CC(C)(C)[C@@H](CN1Cc2ccccc2C1=O)NC(=O)N[C@H](C(=O)N1C[C@H]2[C@@H]([C@H]1C(=O)NCC1CCC1)C2(C)C)C1CCCCC1. The smallest absolute Gasteiger partial charge is 0.315 e. The van der Waals surface area contributed by atoms with E-state index in [4.69, 9.17) is 0 Å². The quantitative estimate of drug-likeness (QED) is 0.372. The molecule has 0 radical (unpaired) electrons. The highest BCUT2D eigenvalue weighted by atomic mass is 16.2. The number of carbonyl (C=O) groups is 4. The molecule has 1 aromatic carbocycles. The molecule has 2 heterocycles. The minimum absolute atomic E-state index is 0.0190. The van der Waals surface area contributed by atoms with Gasteiger partial charge in [-0.25, -0.2) is 4.79 Å². The summed E-state index contributed by atoms with van der Waals surface area (Å²) in [6.45, 7) is 12.7. The van der Waals surface area contributed by atoms with E-state index in [9.17, 15) is 19.2 Å². The molecular formula is C36H53N5O4. The Bertz CT molecular complexity index is 1310. The van der Waals surface area contributed by atoms with Gasteiger partial charge in [-0.05, 0) is 71.8 Å². The molecule has 0 bridgehead atoms. The molecule has 1 saturated heterocycles. The lowest BCUT2D eigenvalue weighted by atomic mass is 9.83. The van der Waals surface area contributed by atoms with Gasteiger partial charge in [-0.2, -0.15) is 0 Å². The Balaban J connectivity index is 1.16. The molecule has 9 heteroatoms. The molecule has 6 rings (SSSR count). The lowest BCUT2D eigenvalue weighted by Gasteiger charge is -2.38. The van der Waals surface area contributed by atoms with Gasteiger partial charge in [-0.15, -0.1) is 0 Å². The van der Waals surface area contributed by atoms with Crippen LogP contribution in [-0.4, -0.2) is 71.3 Å². The third kappa shape index (κ3) is 6.33. The van der Waals surface area contributed by atoms with Crippen molar-refractivity contribution < 1.29 is 19.2 Å². The molecule has 0 unspecified atom stereocenters. The fraction of sp³-hybridized carbons (Fsp3) is 0.722. The topological polar surface area (TPSA) is 111 Å². The summed E-state index contributed by atoms with van der Waals surface area (Å²) in [6, 6.07) is 5.76. The monoisotopic (exact) mass is 619 g/mol. The maximum atomic E-state index is 14.5. The van der Waals surface area contributed by atoms with Gasteiger partial charge in [0.25, 0.3) is 5.91 Å². The second-order valence-corrected chi connectivity index (χ2v) is 16.2. The van der Waals surface area contributed by atoms with Crippen LogP contribution in [0.15, 0.2) is 24.3 Å². The minimum atomic E-state index is -0.689. The molecule has 0 aromatic heterocycles. The Morgan fingerprint density at radius 1 is 0.978 bits per heavy atom. The average Bonchev–Trinajstić information content (AvgIpc) is 3.27. The van der Waals surface area contributed by atoms with Crippen molar-refractivity contribution in [2.75, 3.05) is 19.6 Å². The normalized spacial score (nSPS) is 27.2. The molecule has 5 amide bonds. The first kappa shape index (κ1) is 31.9. The van der Waals surface area contributed by atoms with Crippen molar-refractivity contribution in [2.45, 2.75) is 111 Å². The second-order valence-electron chi connectivity index (χ2n) is 16.2. The Hall–Kier alpha value is -3.10. The number of nitrogens with zero attached hydrogens (tertiary/aromatic N) is 2. The van der Waals surface area contributed by atoms with Crippen molar-refractivity contribution in [3.63, 3.8) is 0 Å². The van der Waals surface area contributed by atoms with E-state index in [0.717, 1.165) is 56.1 Å². The maximum Gasteiger partial charge on any atom is 0.315 e. The number of benzene rings is 1. The van der Waals surface area contributed by atoms with Crippen LogP contribution in [0.4, 0.5) is 4.79 Å². The molecule has 3 N–H and O–H groups in total. The van der Waals surface area contributed by atoms with E-state index in [-0.39, 0.29) is 46.4 Å². The Kier molecular flexibility index (Phi) is 8.68. The molecule has 9 nitrogen and oxygen atoms in total. The number of piperidine rings is 1. The van der Waals surface area contributed by atoms with Crippen LogP contribution in [-0.2, 0) is 16.1 Å². The molecule has 2 aliphatic heterocycles. The highest BCUT2D eigenvalue weighted by Gasteiger charge is 2.69. The Labute approximate surface area is 268 Å². The molecule has 1 aromatic rings. The van der Waals surface area contributed by atoms with E-state index in [1.54, 1.807) is 9.80 Å². The van der Waals surface area contributed by atoms with E-state index in [1.807, 2.05) is 24.3 Å². The van der Waals surface area contributed by atoms with Crippen LogP contribution in [0.1, 0.15) is 102 Å². The number of rotatable bonds is 9. The fourth-order valence-corrected chi connectivity index (χ4v) is 8.45. The van der Waals surface area contributed by atoms with Crippen molar-refractivity contribution in [1.82, 2.24) is 25.8 Å². The van der Waals surface area contributed by atoms with Gasteiger partial charge in [-0.1, -0.05) is 78.5 Å². The number of hydrogen-bond donors (Lipinski definition) is 3. The molecule has 246 valence electrons. The maximum absolute atomic E-state index is 14.5. The lowest BCUT2D eigenvalue weighted by molar-refractivity contribution is -0.143. The van der Waals surface area contributed by atoms with Crippen LogP contribution in [0, 0.1) is 34.5 Å². The van der Waals surface area contributed by atoms with Gasteiger partial charge >= 0.3 is 6.03 Å². The van der Waals surface area contributed by atoms with Crippen LogP contribution in [0.25, 0.3) is 0 Å². The number of fused-ring (bicyclic) bond motifs is 2. The van der Waals surface area contributed by atoms with E-state index in [0.29, 0.717) is 38.0 Å². The lowest BCUT2D eigenvalue weighted by Crippen LogP contribution is -2.61. The summed E-state index contributed by atoms with van der Waals surface area (Å²) in [7, 11) is 0. The van der Waals surface area contributed by atoms with Crippen molar-refractivity contribution in [3.05, 3.63) is 35.4 Å². The zero-order chi connectivity index (χ0) is 32.1. The third-order valence-corrected chi connectivity index (χ3v) is 11.9. The first-order valence-electron chi connectivity index (χ1n) is 17.4. The average molecular weight is 620 g/mol. The highest BCUT2D eigenvalue weighted by Crippen LogP contribution is 2.65. The molecule has 5 aliphatic rings. The van der Waals surface area contributed by atoms with Gasteiger partial charge in [0, 0.05) is 31.7 Å². The van der Waals surface area contributed by atoms with Crippen LogP contribution in [0.5, 0.6) is 0 Å². The van der Waals surface area contributed by atoms with Crippen molar-refractivity contribution in [1.29, 1.82) is 0 Å². The number of likely N-dealkylation sites (tertiary alicyclic amines) is 1. The van der Waals surface area contributed by atoms with E-state index < -0.39 is 18.1 Å². The summed E-state index contributed by atoms with van der Waals surface area (Å²) in [5.74, 6) is 0.845. The van der Waals surface area contributed by atoms with Gasteiger partial charge in [-0.3, -0.25) is 14.4 Å². The Morgan fingerprint density at radius 2 is 1.69 bits per heavy atom. The van der Waals surface area contributed by atoms with E-state index in [1.165, 1.54) is 6.42 Å². The molecular weight excluding hydrogens is 566 g/mol. The second kappa shape index (κ2) is 12.3. The number of amides is 5. The van der Waals surface area contributed by atoms with Crippen molar-refractivity contribution >= 4 is 23.8 Å². The standard InChI is InChI=1S/C36H53N5O4/c1-35(2,3)27(21-40-19-24-16-9-10-17-25(24)32(40)43)38-34(45)39-29(23-14-7-6-8-15-23)33(44)41-20-26-28(36(26,4)5)30(41)31(42)37-18-22-12-11-13-22/h9-10,16-17,22-23,26-30H,6-8,11-15,18-21H2,1-5H3,(H,37,42)(H2,38,39,45)/t26-,27+,28-,29-,30-/m0/s1. The van der Waals surface area contributed by atoms with Gasteiger partial charge in [0.1, 0.15) is 12.1 Å². The van der Waals surface area contributed by atoms with Crippen LogP contribution in [0.2, 0.25) is 0 Å². The highest BCUT2D eigenvalue weighted by molar-refractivity contribution is 5.98. The molecule has 0 spiro atoms. The van der Waals surface area contributed by atoms with Gasteiger partial charge in [0.15, 0.2) is 0 Å². The zero-order valence-corrected chi connectivity index (χ0v) is 27.9. The summed E-state index contributed by atoms with van der Waals surface area (Å²) in [4.78, 5) is 58.6. The summed E-state index contributed by atoms with van der Waals surface area (Å²) < 4.78 is 0. The van der Waals surface area contributed by atoms with E-state index >= 15 is 0 Å². The summed E-state index contributed by atoms with van der Waals surface area (Å²) >= 11 is 0. The molecule has 3 aliphatic carbocycles.